The topological polar surface area (TPSA) is 41.1 Å². The summed E-state index contributed by atoms with van der Waals surface area (Å²) in [4.78, 5) is 11.4. The van der Waals surface area contributed by atoms with Crippen molar-refractivity contribution in [2.75, 3.05) is 13.1 Å². The van der Waals surface area contributed by atoms with Gasteiger partial charge in [-0.1, -0.05) is 33.6 Å². The fourth-order valence-electron chi connectivity index (χ4n) is 1.47. The molecule has 0 saturated carbocycles. The molecular formula is C12H26N2O. The zero-order chi connectivity index (χ0) is 11.5. The summed E-state index contributed by atoms with van der Waals surface area (Å²) in [5.74, 6) is 0.125. The maximum Gasteiger partial charge on any atom is 0.234 e. The highest BCUT2D eigenvalue weighted by Gasteiger charge is 2.06. The van der Waals surface area contributed by atoms with Crippen LogP contribution in [0.5, 0.6) is 0 Å². The Hall–Kier alpha value is -0.570. The Morgan fingerprint density at radius 1 is 1.13 bits per heavy atom. The van der Waals surface area contributed by atoms with E-state index in [0.717, 1.165) is 25.8 Å². The predicted molar refractivity (Wildman–Crippen MR) is 64.9 cm³/mol. The Balaban J connectivity index is 3.40. The molecule has 0 radical (unpaired) electrons. The van der Waals surface area contributed by atoms with Crippen LogP contribution in [0.1, 0.15) is 52.9 Å². The molecule has 0 aromatic heterocycles. The first-order valence-corrected chi connectivity index (χ1v) is 6.24. The summed E-state index contributed by atoms with van der Waals surface area (Å²) in [6.07, 6.45) is 5.65. The quantitative estimate of drug-likeness (QED) is 0.577. The van der Waals surface area contributed by atoms with Gasteiger partial charge in [0.05, 0.1) is 6.54 Å². The van der Waals surface area contributed by atoms with E-state index in [1.54, 1.807) is 0 Å². The molecule has 0 atom stereocenters. The van der Waals surface area contributed by atoms with Crippen LogP contribution >= 0.6 is 0 Å². The van der Waals surface area contributed by atoms with Crippen molar-refractivity contribution in [1.29, 1.82) is 0 Å². The first-order valence-electron chi connectivity index (χ1n) is 6.24. The van der Waals surface area contributed by atoms with Crippen LogP contribution in [0.25, 0.3) is 0 Å². The van der Waals surface area contributed by atoms with Crippen LogP contribution in [-0.2, 0) is 4.79 Å². The zero-order valence-electron chi connectivity index (χ0n) is 10.4. The third-order valence-corrected chi connectivity index (χ3v) is 2.59. The molecule has 0 unspecified atom stereocenters. The van der Waals surface area contributed by atoms with E-state index in [1.165, 1.54) is 12.8 Å². The molecule has 0 rings (SSSR count). The lowest BCUT2D eigenvalue weighted by Gasteiger charge is -2.14. The smallest absolute Gasteiger partial charge is 0.234 e. The Morgan fingerprint density at radius 3 is 2.33 bits per heavy atom. The van der Waals surface area contributed by atoms with E-state index in [2.05, 4.69) is 31.4 Å². The highest BCUT2D eigenvalue weighted by atomic mass is 16.1. The number of unbranched alkanes of at least 4 members (excludes halogenated alkanes) is 2. The fourth-order valence-corrected chi connectivity index (χ4v) is 1.47. The molecule has 2 N–H and O–H groups in total. The third kappa shape index (κ3) is 8.43. The van der Waals surface area contributed by atoms with Crippen LogP contribution in [0.3, 0.4) is 0 Å². The molecule has 3 heteroatoms. The molecule has 0 fully saturated rings. The predicted octanol–water partition coefficient (Wildman–Crippen LogP) is 2.07. The molecule has 0 aromatic rings. The van der Waals surface area contributed by atoms with Gasteiger partial charge in [-0.25, -0.2) is 0 Å². The number of carbonyl (C=O) groups is 1. The standard InChI is InChI=1S/C12H26N2O/c1-4-7-8-9-13-10-12(15)14-11(5-2)6-3/h11,13H,4-10H2,1-3H3,(H,14,15). The van der Waals surface area contributed by atoms with Crippen LogP contribution in [-0.4, -0.2) is 25.0 Å². The molecule has 0 saturated heterocycles. The molecule has 0 aromatic carbocycles. The van der Waals surface area contributed by atoms with Crippen molar-refractivity contribution in [2.24, 2.45) is 0 Å². The zero-order valence-corrected chi connectivity index (χ0v) is 10.4. The average molecular weight is 214 g/mol. The van der Waals surface area contributed by atoms with Crippen LogP contribution < -0.4 is 10.6 Å². The summed E-state index contributed by atoms with van der Waals surface area (Å²) >= 11 is 0. The SMILES string of the molecule is CCCCCNCC(=O)NC(CC)CC. The highest BCUT2D eigenvalue weighted by Crippen LogP contribution is 1.95. The third-order valence-electron chi connectivity index (χ3n) is 2.59. The Bertz CT molecular complexity index is 156. The van der Waals surface area contributed by atoms with Crippen LogP contribution in [0, 0.1) is 0 Å². The molecule has 1 amide bonds. The largest absolute Gasteiger partial charge is 0.352 e. The molecular weight excluding hydrogens is 188 g/mol. The lowest BCUT2D eigenvalue weighted by molar-refractivity contribution is -0.121. The van der Waals surface area contributed by atoms with Crippen molar-refractivity contribution >= 4 is 5.91 Å². The van der Waals surface area contributed by atoms with E-state index in [4.69, 9.17) is 0 Å². The minimum absolute atomic E-state index is 0.125. The maximum atomic E-state index is 11.4. The lowest BCUT2D eigenvalue weighted by Crippen LogP contribution is -2.40. The van der Waals surface area contributed by atoms with E-state index >= 15 is 0 Å². The normalized spacial score (nSPS) is 10.7. The maximum absolute atomic E-state index is 11.4. The molecule has 3 nitrogen and oxygen atoms in total. The molecule has 0 aliphatic heterocycles. The molecule has 0 aliphatic rings. The molecule has 0 heterocycles. The highest BCUT2D eigenvalue weighted by molar-refractivity contribution is 5.78. The van der Waals surface area contributed by atoms with E-state index < -0.39 is 0 Å². The second-order valence-corrected chi connectivity index (χ2v) is 3.96. The molecule has 90 valence electrons. The molecule has 15 heavy (non-hydrogen) atoms. The number of carbonyl (C=O) groups excluding carboxylic acids is 1. The monoisotopic (exact) mass is 214 g/mol. The van der Waals surface area contributed by atoms with Gasteiger partial charge in [0, 0.05) is 6.04 Å². The van der Waals surface area contributed by atoms with Crippen molar-refractivity contribution in [3.05, 3.63) is 0 Å². The van der Waals surface area contributed by atoms with Gasteiger partial charge in [-0.05, 0) is 25.8 Å². The van der Waals surface area contributed by atoms with Gasteiger partial charge in [0.2, 0.25) is 5.91 Å². The minimum atomic E-state index is 0.125. The number of rotatable bonds is 9. The van der Waals surface area contributed by atoms with Crippen molar-refractivity contribution in [1.82, 2.24) is 10.6 Å². The number of amides is 1. The Labute approximate surface area is 94.0 Å². The van der Waals surface area contributed by atoms with Crippen molar-refractivity contribution in [3.63, 3.8) is 0 Å². The summed E-state index contributed by atoms with van der Waals surface area (Å²) in [7, 11) is 0. The van der Waals surface area contributed by atoms with Crippen LogP contribution in [0.15, 0.2) is 0 Å². The first-order chi connectivity index (χ1) is 7.24. The number of hydrogen-bond donors (Lipinski definition) is 2. The van der Waals surface area contributed by atoms with Gasteiger partial charge in [-0.2, -0.15) is 0 Å². The van der Waals surface area contributed by atoms with Crippen LogP contribution in [0.2, 0.25) is 0 Å². The van der Waals surface area contributed by atoms with E-state index in [9.17, 15) is 4.79 Å². The molecule has 0 bridgehead atoms. The summed E-state index contributed by atoms with van der Waals surface area (Å²) < 4.78 is 0. The van der Waals surface area contributed by atoms with Gasteiger partial charge in [-0.3, -0.25) is 4.79 Å². The van der Waals surface area contributed by atoms with E-state index in [-0.39, 0.29) is 5.91 Å². The fraction of sp³-hybridized carbons (Fsp3) is 0.917. The van der Waals surface area contributed by atoms with Gasteiger partial charge in [0.15, 0.2) is 0 Å². The summed E-state index contributed by atoms with van der Waals surface area (Å²) in [6, 6.07) is 0.343. The lowest BCUT2D eigenvalue weighted by atomic mass is 10.2. The number of nitrogens with one attached hydrogen (secondary N) is 2. The van der Waals surface area contributed by atoms with E-state index in [0.29, 0.717) is 12.6 Å². The van der Waals surface area contributed by atoms with Gasteiger partial charge in [-0.15, -0.1) is 0 Å². The average Bonchev–Trinajstić information content (AvgIpc) is 2.25. The van der Waals surface area contributed by atoms with Crippen molar-refractivity contribution in [2.45, 2.75) is 58.9 Å². The summed E-state index contributed by atoms with van der Waals surface area (Å²) in [5.41, 5.74) is 0. The van der Waals surface area contributed by atoms with Gasteiger partial charge in [0.1, 0.15) is 0 Å². The second kappa shape index (κ2) is 9.97. The number of hydrogen-bond acceptors (Lipinski definition) is 2. The van der Waals surface area contributed by atoms with Crippen LogP contribution in [0.4, 0.5) is 0 Å². The van der Waals surface area contributed by atoms with Gasteiger partial charge < -0.3 is 10.6 Å². The molecule has 0 spiro atoms. The molecule has 0 aliphatic carbocycles. The Kier molecular flexibility index (Phi) is 9.59. The summed E-state index contributed by atoms with van der Waals surface area (Å²) in [6.45, 7) is 7.79. The van der Waals surface area contributed by atoms with Crippen molar-refractivity contribution < 1.29 is 4.79 Å². The summed E-state index contributed by atoms with van der Waals surface area (Å²) in [5, 5.41) is 6.17. The minimum Gasteiger partial charge on any atom is -0.352 e. The van der Waals surface area contributed by atoms with Gasteiger partial charge in [0.25, 0.3) is 0 Å². The first kappa shape index (κ1) is 14.4. The second-order valence-electron chi connectivity index (χ2n) is 3.96. The van der Waals surface area contributed by atoms with Gasteiger partial charge >= 0.3 is 0 Å². The Morgan fingerprint density at radius 2 is 1.80 bits per heavy atom. The van der Waals surface area contributed by atoms with E-state index in [1.807, 2.05) is 0 Å². The van der Waals surface area contributed by atoms with Crippen molar-refractivity contribution in [3.8, 4) is 0 Å².